The van der Waals surface area contributed by atoms with Gasteiger partial charge in [0.25, 0.3) is 0 Å². The summed E-state index contributed by atoms with van der Waals surface area (Å²) in [6.07, 6.45) is 4.80. The summed E-state index contributed by atoms with van der Waals surface area (Å²) in [7, 11) is 4.10. The highest BCUT2D eigenvalue weighted by Crippen LogP contribution is 2.30. The summed E-state index contributed by atoms with van der Waals surface area (Å²) in [6, 6.07) is 8.17. The molecule has 4 rings (SSSR count). The number of benzene rings is 1. The van der Waals surface area contributed by atoms with Gasteiger partial charge in [-0.3, -0.25) is 4.79 Å². The summed E-state index contributed by atoms with van der Waals surface area (Å²) in [5.74, 6) is 0.386. The SMILES string of the molecule is Cc1cccc(CC(=O)N2CCC(c3nn(CCN(C)C)c4nccnc34)C2)c1. The van der Waals surface area contributed by atoms with Gasteiger partial charge >= 0.3 is 0 Å². The number of likely N-dealkylation sites (tertiary alicyclic amines) is 1. The third-order valence-electron chi connectivity index (χ3n) is 5.52. The highest BCUT2D eigenvalue weighted by atomic mass is 16.2. The normalized spacial score (nSPS) is 16.8. The van der Waals surface area contributed by atoms with Gasteiger partial charge in [-0.05, 0) is 33.0 Å². The molecule has 1 aliphatic rings. The molecule has 152 valence electrons. The average molecular weight is 393 g/mol. The Morgan fingerprint density at radius 1 is 1.24 bits per heavy atom. The van der Waals surface area contributed by atoms with Gasteiger partial charge in [0.15, 0.2) is 5.65 Å². The summed E-state index contributed by atoms with van der Waals surface area (Å²) in [4.78, 5) is 26.0. The van der Waals surface area contributed by atoms with E-state index in [0.717, 1.165) is 48.5 Å². The van der Waals surface area contributed by atoms with E-state index in [4.69, 9.17) is 5.10 Å². The van der Waals surface area contributed by atoms with Crippen molar-refractivity contribution < 1.29 is 4.79 Å². The molecule has 0 aliphatic carbocycles. The van der Waals surface area contributed by atoms with Crippen LogP contribution in [0.3, 0.4) is 0 Å². The molecule has 1 aliphatic heterocycles. The fraction of sp³-hybridized carbons (Fsp3) is 0.455. The van der Waals surface area contributed by atoms with Crippen molar-refractivity contribution >= 4 is 17.1 Å². The van der Waals surface area contributed by atoms with Gasteiger partial charge in [0.2, 0.25) is 5.91 Å². The van der Waals surface area contributed by atoms with Crippen LogP contribution in [0.25, 0.3) is 11.2 Å². The van der Waals surface area contributed by atoms with Crippen LogP contribution in [0.1, 0.15) is 29.2 Å². The molecular weight excluding hydrogens is 364 g/mol. The molecule has 1 amide bonds. The predicted octanol–water partition coefficient (Wildman–Crippen LogP) is 2.25. The van der Waals surface area contributed by atoms with E-state index < -0.39 is 0 Å². The number of amides is 1. The molecule has 2 aromatic heterocycles. The Hall–Kier alpha value is -2.80. The number of carbonyl (C=O) groups excluding carboxylic acids is 1. The molecule has 1 unspecified atom stereocenters. The smallest absolute Gasteiger partial charge is 0.227 e. The number of fused-ring (bicyclic) bond motifs is 1. The molecular formula is C22H28N6O. The summed E-state index contributed by atoms with van der Waals surface area (Å²) in [5, 5.41) is 4.86. The second kappa shape index (κ2) is 8.29. The fourth-order valence-electron chi connectivity index (χ4n) is 3.97. The average Bonchev–Trinajstić information content (AvgIpc) is 3.31. The first kappa shape index (κ1) is 19.5. The summed E-state index contributed by atoms with van der Waals surface area (Å²) in [5.41, 5.74) is 4.92. The topological polar surface area (TPSA) is 67.2 Å². The van der Waals surface area contributed by atoms with Crippen molar-refractivity contribution in [1.29, 1.82) is 0 Å². The molecule has 29 heavy (non-hydrogen) atoms. The van der Waals surface area contributed by atoms with Gasteiger partial charge in [-0.2, -0.15) is 5.10 Å². The first-order valence-corrected chi connectivity index (χ1v) is 10.2. The van der Waals surface area contributed by atoms with Crippen LogP contribution in [-0.4, -0.2) is 69.2 Å². The lowest BCUT2D eigenvalue weighted by atomic mass is 10.0. The third kappa shape index (κ3) is 4.29. The Kier molecular flexibility index (Phi) is 5.58. The number of aromatic nitrogens is 4. The number of aryl methyl sites for hydroxylation is 1. The van der Waals surface area contributed by atoms with Crippen molar-refractivity contribution in [1.82, 2.24) is 29.5 Å². The van der Waals surface area contributed by atoms with Crippen LogP contribution < -0.4 is 0 Å². The Labute approximate surface area is 171 Å². The molecule has 0 saturated carbocycles. The number of hydrogen-bond acceptors (Lipinski definition) is 5. The fourth-order valence-corrected chi connectivity index (χ4v) is 3.97. The van der Waals surface area contributed by atoms with Crippen molar-refractivity contribution in [3.05, 3.63) is 53.5 Å². The van der Waals surface area contributed by atoms with Crippen LogP contribution in [0.5, 0.6) is 0 Å². The van der Waals surface area contributed by atoms with Gasteiger partial charge < -0.3 is 9.80 Å². The van der Waals surface area contributed by atoms with Gasteiger partial charge in [0.05, 0.1) is 18.7 Å². The monoisotopic (exact) mass is 392 g/mol. The first-order chi connectivity index (χ1) is 14.0. The zero-order valence-corrected chi connectivity index (χ0v) is 17.4. The maximum atomic E-state index is 12.8. The van der Waals surface area contributed by atoms with Crippen LogP contribution >= 0.6 is 0 Å². The maximum Gasteiger partial charge on any atom is 0.227 e. The highest BCUT2D eigenvalue weighted by molar-refractivity contribution is 5.79. The Balaban J connectivity index is 1.50. The van der Waals surface area contributed by atoms with E-state index in [2.05, 4.69) is 33.9 Å². The van der Waals surface area contributed by atoms with Gasteiger partial charge in [0, 0.05) is 37.9 Å². The lowest BCUT2D eigenvalue weighted by Crippen LogP contribution is -2.30. The van der Waals surface area contributed by atoms with Crippen LogP contribution in [0.4, 0.5) is 0 Å². The molecule has 7 heteroatoms. The van der Waals surface area contributed by atoms with Crippen LogP contribution in [-0.2, 0) is 17.8 Å². The summed E-state index contributed by atoms with van der Waals surface area (Å²) < 4.78 is 1.95. The zero-order valence-electron chi connectivity index (χ0n) is 17.4. The maximum absolute atomic E-state index is 12.8. The lowest BCUT2D eigenvalue weighted by Gasteiger charge is -2.16. The standard InChI is InChI=1S/C22H28N6O/c1-16-5-4-6-17(13-16)14-19(29)27-10-7-18(15-27)20-21-22(24-9-8-23-21)28(25-20)12-11-26(2)3/h4-6,8-9,13,18H,7,10-12,14-15H2,1-3H3. The highest BCUT2D eigenvalue weighted by Gasteiger charge is 2.31. The third-order valence-corrected chi connectivity index (χ3v) is 5.52. The molecule has 1 fully saturated rings. The Bertz CT molecular complexity index is 1010. The zero-order chi connectivity index (χ0) is 20.4. The Morgan fingerprint density at radius 2 is 2.07 bits per heavy atom. The van der Waals surface area contributed by atoms with E-state index >= 15 is 0 Å². The van der Waals surface area contributed by atoms with Crippen molar-refractivity contribution in [2.75, 3.05) is 33.7 Å². The molecule has 0 spiro atoms. The molecule has 3 aromatic rings. The molecule has 0 bridgehead atoms. The number of rotatable bonds is 6. The summed E-state index contributed by atoms with van der Waals surface area (Å²) in [6.45, 7) is 5.17. The molecule has 0 N–H and O–H groups in total. The van der Waals surface area contributed by atoms with Crippen LogP contribution in [0, 0.1) is 6.92 Å². The molecule has 7 nitrogen and oxygen atoms in total. The lowest BCUT2D eigenvalue weighted by molar-refractivity contribution is -0.129. The number of carbonyl (C=O) groups is 1. The van der Waals surface area contributed by atoms with Gasteiger partial charge in [0.1, 0.15) is 5.52 Å². The van der Waals surface area contributed by atoms with Crippen LogP contribution in [0.2, 0.25) is 0 Å². The second-order valence-electron chi connectivity index (χ2n) is 8.13. The van der Waals surface area contributed by atoms with E-state index in [0.29, 0.717) is 13.0 Å². The van der Waals surface area contributed by atoms with Crippen molar-refractivity contribution in [2.45, 2.75) is 32.2 Å². The second-order valence-corrected chi connectivity index (χ2v) is 8.13. The largest absolute Gasteiger partial charge is 0.342 e. The van der Waals surface area contributed by atoms with E-state index in [1.807, 2.05) is 35.8 Å². The number of likely N-dealkylation sites (N-methyl/N-ethyl adjacent to an activating group) is 1. The van der Waals surface area contributed by atoms with Crippen molar-refractivity contribution in [3.63, 3.8) is 0 Å². The minimum absolute atomic E-state index is 0.181. The number of hydrogen-bond donors (Lipinski definition) is 0. The minimum atomic E-state index is 0.181. The predicted molar refractivity (Wildman–Crippen MR) is 113 cm³/mol. The molecule has 1 saturated heterocycles. The minimum Gasteiger partial charge on any atom is -0.342 e. The molecule has 1 atom stereocenters. The Morgan fingerprint density at radius 3 is 2.86 bits per heavy atom. The van der Waals surface area contributed by atoms with Crippen molar-refractivity contribution in [2.24, 2.45) is 0 Å². The van der Waals surface area contributed by atoms with E-state index in [9.17, 15) is 4.79 Å². The van der Waals surface area contributed by atoms with E-state index in [-0.39, 0.29) is 11.8 Å². The number of nitrogens with zero attached hydrogens (tertiary/aromatic N) is 6. The quantitative estimate of drug-likeness (QED) is 0.644. The van der Waals surface area contributed by atoms with Gasteiger partial charge in [-0.15, -0.1) is 0 Å². The van der Waals surface area contributed by atoms with Crippen molar-refractivity contribution in [3.8, 4) is 0 Å². The van der Waals surface area contributed by atoms with Crippen LogP contribution in [0.15, 0.2) is 36.7 Å². The molecule has 0 radical (unpaired) electrons. The van der Waals surface area contributed by atoms with E-state index in [1.165, 1.54) is 5.56 Å². The van der Waals surface area contributed by atoms with E-state index in [1.54, 1.807) is 12.4 Å². The molecule has 3 heterocycles. The summed E-state index contributed by atoms with van der Waals surface area (Å²) >= 11 is 0. The molecule has 1 aromatic carbocycles. The van der Waals surface area contributed by atoms with Gasteiger partial charge in [-0.25, -0.2) is 14.6 Å². The van der Waals surface area contributed by atoms with Gasteiger partial charge in [-0.1, -0.05) is 29.8 Å². The first-order valence-electron chi connectivity index (χ1n) is 10.2.